The first kappa shape index (κ1) is 16.7. The van der Waals surface area contributed by atoms with Gasteiger partial charge in [-0.25, -0.2) is 8.42 Å². The van der Waals surface area contributed by atoms with E-state index in [4.69, 9.17) is 0 Å². The number of hydrogen-bond donors (Lipinski definition) is 1. The van der Waals surface area contributed by atoms with E-state index in [-0.39, 0.29) is 4.90 Å². The van der Waals surface area contributed by atoms with Gasteiger partial charge in [0.05, 0.1) is 6.20 Å². The molecule has 0 aliphatic carbocycles. The Kier molecular flexibility index (Phi) is 3.96. The van der Waals surface area contributed by atoms with E-state index in [1.54, 1.807) is 10.7 Å². The molecule has 2 aromatic carbocycles. The SMILES string of the molecule is CCn1cc(S(=O)(=O)Nc2ccc3c(c2)c2ccccc2n3CC)cn1. The smallest absolute Gasteiger partial charge is 0.265 e. The Hall–Kier alpha value is -2.80. The summed E-state index contributed by atoms with van der Waals surface area (Å²) in [6.07, 6.45) is 2.90. The van der Waals surface area contributed by atoms with E-state index in [2.05, 4.69) is 33.4 Å². The summed E-state index contributed by atoms with van der Waals surface area (Å²) in [5.74, 6) is 0. The van der Waals surface area contributed by atoms with Gasteiger partial charge in [-0.1, -0.05) is 18.2 Å². The molecule has 0 radical (unpaired) electrons. The van der Waals surface area contributed by atoms with Gasteiger partial charge >= 0.3 is 0 Å². The number of nitrogens with zero attached hydrogens (tertiary/aromatic N) is 3. The molecule has 0 atom stereocenters. The third-order valence-electron chi connectivity index (χ3n) is 4.58. The maximum atomic E-state index is 12.6. The second-order valence-corrected chi connectivity index (χ2v) is 7.81. The van der Waals surface area contributed by atoms with Crippen LogP contribution < -0.4 is 4.72 Å². The minimum Gasteiger partial charge on any atom is -0.341 e. The van der Waals surface area contributed by atoms with E-state index in [1.165, 1.54) is 12.4 Å². The largest absolute Gasteiger partial charge is 0.341 e. The second-order valence-electron chi connectivity index (χ2n) is 6.13. The zero-order valence-corrected chi connectivity index (χ0v) is 15.5. The first-order valence-corrected chi connectivity index (χ1v) is 10.1. The molecule has 0 spiro atoms. The lowest BCUT2D eigenvalue weighted by atomic mass is 10.1. The zero-order chi connectivity index (χ0) is 18.3. The van der Waals surface area contributed by atoms with Crippen LogP contribution in [0, 0.1) is 0 Å². The van der Waals surface area contributed by atoms with Crippen LogP contribution in [-0.2, 0) is 23.1 Å². The summed E-state index contributed by atoms with van der Waals surface area (Å²) in [5, 5.41) is 6.19. The average Bonchev–Trinajstić information content (AvgIpc) is 3.24. The number of aryl methyl sites for hydroxylation is 2. The maximum absolute atomic E-state index is 12.6. The van der Waals surface area contributed by atoms with Gasteiger partial charge in [-0.05, 0) is 38.1 Å². The summed E-state index contributed by atoms with van der Waals surface area (Å²) in [6, 6.07) is 13.8. The molecular weight excluding hydrogens is 348 g/mol. The van der Waals surface area contributed by atoms with Gasteiger partial charge in [0.1, 0.15) is 4.90 Å². The molecule has 0 fully saturated rings. The summed E-state index contributed by atoms with van der Waals surface area (Å²) in [4.78, 5) is 0.162. The zero-order valence-electron chi connectivity index (χ0n) is 14.7. The van der Waals surface area contributed by atoms with Crippen molar-refractivity contribution < 1.29 is 8.42 Å². The van der Waals surface area contributed by atoms with E-state index in [0.717, 1.165) is 28.4 Å². The number of anilines is 1. The lowest BCUT2D eigenvalue weighted by Gasteiger charge is -2.07. The normalized spacial score (nSPS) is 12.1. The molecule has 2 heterocycles. The molecule has 4 aromatic rings. The van der Waals surface area contributed by atoms with Crippen LogP contribution in [0.1, 0.15) is 13.8 Å². The van der Waals surface area contributed by atoms with Crippen molar-refractivity contribution in [1.82, 2.24) is 14.3 Å². The monoisotopic (exact) mass is 368 g/mol. The van der Waals surface area contributed by atoms with Crippen molar-refractivity contribution in [3.63, 3.8) is 0 Å². The summed E-state index contributed by atoms with van der Waals surface area (Å²) in [6.45, 7) is 5.49. The Labute approximate surface area is 152 Å². The van der Waals surface area contributed by atoms with Crippen LogP contribution in [0.3, 0.4) is 0 Å². The molecule has 1 N–H and O–H groups in total. The maximum Gasteiger partial charge on any atom is 0.265 e. The van der Waals surface area contributed by atoms with Crippen LogP contribution in [0.15, 0.2) is 59.8 Å². The molecule has 6 nitrogen and oxygen atoms in total. The van der Waals surface area contributed by atoms with E-state index in [0.29, 0.717) is 12.2 Å². The van der Waals surface area contributed by atoms with Gasteiger partial charge in [-0.2, -0.15) is 5.10 Å². The van der Waals surface area contributed by atoms with Crippen LogP contribution in [0.5, 0.6) is 0 Å². The molecule has 0 amide bonds. The van der Waals surface area contributed by atoms with Crippen molar-refractivity contribution in [1.29, 1.82) is 0 Å². The number of nitrogens with one attached hydrogen (secondary N) is 1. The van der Waals surface area contributed by atoms with Crippen molar-refractivity contribution in [2.45, 2.75) is 31.8 Å². The Morgan fingerprint density at radius 2 is 1.77 bits per heavy atom. The molecular formula is C19H20N4O2S. The first-order valence-electron chi connectivity index (χ1n) is 8.59. The number of hydrogen-bond acceptors (Lipinski definition) is 3. The van der Waals surface area contributed by atoms with Crippen LogP contribution in [-0.4, -0.2) is 22.8 Å². The van der Waals surface area contributed by atoms with Crippen molar-refractivity contribution in [2.24, 2.45) is 0 Å². The average molecular weight is 368 g/mol. The van der Waals surface area contributed by atoms with Gasteiger partial charge in [0, 0.05) is 46.8 Å². The van der Waals surface area contributed by atoms with Crippen LogP contribution in [0.4, 0.5) is 5.69 Å². The van der Waals surface area contributed by atoms with Crippen LogP contribution >= 0.6 is 0 Å². The van der Waals surface area contributed by atoms with Crippen LogP contribution in [0.25, 0.3) is 21.8 Å². The molecule has 0 aliphatic heterocycles. The summed E-state index contributed by atoms with van der Waals surface area (Å²) >= 11 is 0. The van der Waals surface area contributed by atoms with Gasteiger partial charge < -0.3 is 4.57 Å². The minimum absolute atomic E-state index is 0.162. The lowest BCUT2D eigenvalue weighted by molar-refractivity contribution is 0.600. The molecule has 7 heteroatoms. The Bertz CT molecular complexity index is 1200. The molecule has 0 saturated heterocycles. The fraction of sp³-hybridized carbons (Fsp3) is 0.211. The predicted molar refractivity (Wildman–Crippen MR) is 104 cm³/mol. The number of sulfonamides is 1. The minimum atomic E-state index is -3.66. The number of para-hydroxylation sites is 1. The highest BCUT2D eigenvalue weighted by molar-refractivity contribution is 7.92. The van der Waals surface area contributed by atoms with E-state index >= 15 is 0 Å². The third kappa shape index (κ3) is 2.64. The highest BCUT2D eigenvalue weighted by atomic mass is 32.2. The van der Waals surface area contributed by atoms with Crippen LogP contribution in [0.2, 0.25) is 0 Å². The van der Waals surface area contributed by atoms with E-state index < -0.39 is 10.0 Å². The number of fused-ring (bicyclic) bond motifs is 3. The Balaban J connectivity index is 1.79. The topological polar surface area (TPSA) is 68.9 Å². The molecule has 0 saturated carbocycles. The van der Waals surface area contributed by atoms with Gasteiger partial charge in [0.15, 0.2) is 0 Å². The fourth-order valence-corrected chi connectivity index (χ4v) is 4.33. The van der Waals surface area contributed by atoms with Crippen molar-refractivity contribution in [3.05, 3.63) is 54.9 Å². The highest BCUT2D eigenvalue weighted by Gasteiger charge is 2.17. The molecule has 0 unspecified atom stereocenters. The van der Waals surface area contributed by atoms with Crippen molar-refractivity contribution in [3.8, 4) is 0 Å². The van der Waals surface area contributed by atoms with Crippen molar-refractivity contribution >= 4 is 37.5 Å². The molecule has 134 valence electrons. The number of aromatic nitrogens is 3. The molecule has 26 heavy (non-hydrogen) atoms. The lowest BCUT2D eigenvalue weighted by Crippen LogP contribution is -2.12. The van der Waals surface area contributed by atoms with E-state index in [1.807, 2.05) is 31.2 Å². The van der Waals surface area contributed by atoms with Crippen molar-refractivity contribution in [2.75, 3.05) is 4.72 Å². The third-order valence-corrected chi connectivity index (χ3v) is 5.92. The summed E-state index contributed by atoms with van der Waals surface area (Å²) < 4.78 is 31.7. The first-order chi connectivity index (χ1) is 12.5. The Morgan fingerprint density at radius 3 is 2.50 bits per heavy atom. The van der Waals surface area contributed by atoms with Gasteiger partial charge in [0.25, 0.3) is 10.0 Å². The summed E-state index contributed by atoms with van der Waals surface area (Å²) in [7, 11) is -3.66. The summed E-state index contributed by atoms with van der Waals surface area (Å²) in [5.41, 5.74) is 2.78. The van der Waals surface area contributed by atoms with Gasteiger partial charge in [0.2, 0.25) is 0 Å². The number of benzene rings is 2. The Morgan fingerprint density at radius 1 is 1.00 bits per heavy atom. The molecule has 0 bridgehead atoms. The molecule has 2 aromatic heterocycles. The highest BCUT2D eigenvalue weighted by Crippen LogP contribution is 2.31. The fourth-order valence-electron chi connectivity index (χ4n) is 3.33. The quantitative estimate of drug-likeness (QED) is 0.582. The van der Waals surface area contributed by atoms with Gasteiger partial charge in [-0.15, -0.1) is 0 Å². The second kappa shape index (κ2) is 6.17. The molecule has 4 rings (SSSR count). The molecule has 0 aliphatic rings. The predicted octanol–water partition coefficient (Wildman–Crippen LogP) is 3.83. The van der Waals surface area contributed by atoms with Gasteiger partial charge in [-0.3, -0.25) is 9.40 Å². The number of rotatable bonds is 5. The standard InChI is InChI=1S/C19H20N4O2S/c1-3-22-13-15(12-20-22)26(24,25)21-14-9-10-19-17(11-14)16-7-5-6-8-18(16)23(19)4-2/h5-13,21H,3-4H2,1-2H3. The van der Waals surface area contributed by atoms with E-state index in [9.17, 15) is 8.42 Å².